The zero-order valence-corrected chi connectivity index (χ0v) is 12.8. The fourth-order valence-electron chi connectivity index (χ4n) is 2.90. The molecule has 2 aromatic rings. The molecule has 0 unspecified atom stereocenters. The van der Waals surface area contributed by atoms with Crippen LogP contribution in [0.2, 0.25) is 0 Å². The van der Waals surface area contributed by atoms with Crippen LogP contribution in [0.3, 0.4) is 0 Å². The lowest BCUT2D eigenvalue weighted by atomic mass is 10.0. The molecule has 5 nitrogen and oxygen atoms in total. The van der Waals surface area contributed by atoms with Gasteiger partial charge in [-0.25, -0.2) is 4.98 Å². The van der Waals surface area contributed by atoms with Crippen LogP contribution >= 0.6 is 0 Å². The van der Waals surface area contributed by atoms with E-state index >= 15 is 0 Å². The average Bonchev–Trinajstić information content (AvgIpc) is 3.15. The minimum atomic E-state index is -4.38. The molecule has 0 bridgehead atoms. The maximum absolute atomic E-state index is 12.5. The SMILES string of the molecule is O=C1C[C@H](N[C@H](c2ccccc2)c2ncc[nH]2)CN1CC(F)(F)F. The standard InChI is InChI=1S/C16H17F3N4O/c17-16(18,19)10-23-9-12(8-13(23)24)22-14(15-20-6-7-21-15)11-4-2-1-3-5-11/h1-7,12,14,22H,8-10H2,(H,20,21)/t12-,14+/m0/s1. The molecule has 2 N–H and O–H groups in total. The number of aromatic amines is 1. The van der Waals surface area contributed by atoms with E-state index in [4.69, 9.17) is 0 Å². The highest BCUT2D eigenvalue weighted by atomic mass is 19.4. The molecule has 0 saturated carbocycles. The number of imidazole rings is 1. The van der Waals surface area contributed by atoms with Crippen molar-refractivity contribution >= 4 is 5.91 Å². The third-order valence-electron chi connectivity index (χ3n) is 3.91. The summed E-state index contributed by atoms with van der Waals surface area (Å²) in [5, 5.41) is 3.26. The summed E-state index contributed by atoms with van der Waals surface area (Å²) < 4.78 is 37.6. The Morgan fingerprint density at radius 1 is 1.33 bits per heavy atom. The molecule has 3 rings (SSSR count). The van der Waals surface area contributed by atoms with Crippen LogP contribution in [0.4, 0.5) is 13.2 Å². The molecular formula is C16H17F3N4O. The second-order valence-corrected chi connectivity index (χ2v) is 5.78. The predicted molar refractivity (Wildman–Crippen MR) is 81.0 cm³/mol. The molecule has 8 heteroatoms. The molecule has 128 valence electrons. The van der Waals surface area contributed by atoms with E-state index in [9.17, 15) is 18.0 Å². The second-order valence-electron chi connectivity index (χ2n) is 5.78. The van der Waals surface area contributed by atoms with Crippen molar-refractivity contribution in [3.63, 3.8) is 0 Å². The lowest BCUT2D eigenvalue weighted by molar-refractivity contribution is -0.157. The Morgan fingerprint density at radius 3 is 2.71 bits per heavy atom. The van der Waals surface area contributed by atoms with Crippen molar-refractivity contribution in [2.24, 2.45) is 0 Å². The van der Waals surface area contributed by atoms with Gasteiger partial charge < -0.3 is 9.88 Å². The molecule has 24 heavy (non-hydrogen) atoms. The van der Waals surface area contributed by atoms with E-state index in [-0.39, 0.29) is 25.0 Å². The van der Waals surface area contributed by atoms with Crippen LogP contribution in [0.15, 0.2) is 42.7 Å². The largest absolute Gasteiger partial charge is 0.406 e. The topological polar surface area (TPSA) is 61.0 Å². The van der Waals surface area contributed by atoms with Crippen LogP contribution in [0.5, 0.6) is 0 Å². The fourth-order valence-corrected chi connectivity index (χ4v) is 2.90. The molecule has 0 spiro atoms. The van der Waals surface area contributed by atoms with E-state index in [1.54, 1.807) is 12.4 Å². The van der Waals surface area contributed by atoms with Gasteiger partial charge in [0.2, 0.25) is 5.91 Å². The van der Waals surface area contributed by atoms with Crippen molar-refractivity contribution in [1.82, 2.24) is 20.2 Å². The van der Waals surface area contributed by atoms with Crippen LogP contribution in [-0.2, 0) is 4.79 Å². The number of hydrogen-bond donors (Lipinski definition) is 2. The van der Waals surface area contributed by atoms with Crippen molar-refractivity contribution in [2.45, 2.75) is 24.7 Å². The number of rotatable bonds is 5. The van der Waals surface area contributed by atoms with Gasteiger partial charge in [-0.15, -0.1) is 0 Å². The number of nitrogens with one attached hydrogen (secondary N) is 2. The van der Waals surface area contributed by atoms with Crippen LogP contribution in [0, 0.1) is 0 Å². The Balaban J connectivity index is 1.74. The molecule has 2 atom stereocenters. The van der Waals surface area contributed by atoms with Gasteiger partial charge in [0.25, 0.3) is 0 Å². The van der Waals surface area contributed by atoms with Crippen molar-refractivity contribution in [3.8, 4) is 0 Å². The molecule has 1 aliphatic rings. The molecule has 1 fully saturated rings. The zero-order chi connectivity index (χ0) is 17.2. The Morgan fingerprint density at radius 2 is 2.08 bits per heavy atom. The number of H-pyrrole nitrogens is 1. The number of aromatic nitrogens is 2. The normalized spacial score (nSPS) is 19.7. The van der Waals surface area contributed by atoms with Crippen molar-refractivity contribution in [2.75, 3.05) is 13.1 Å². The summed E-state index contributed by atoms with van der Waals surface area (Å²) in [4.78, 5) is 19.9. The number of amides is 1. The number of benzene rings is 1. The van der Waals surface area contributed by atoms with Gasteiger partial charge in [0, 0.05) is 31.4 Å². The third-order valence-corrected chi connectivity index (χ3v) is 3.91. The predicted octanol–water partition coefficient (Wildman–Crippen LogP) is 2.25. The first-order valence-corrected chi connectivity index (χ1v) is 7.57. The Kier molecular flexibility index (Phi) is 4.57. The first-order valence-electron chi connectivity index (χ1n) is 7.57. The lowest BCUT2D eigenvalue weighted by Crippen LogP contribution is -2.39. The summed E-state index contributed by atoms with van der Waals surface area (Å²) in [5.74, 6) is 0.166. The Hall–Kier alpha value is -2.35. The van der Waals surface area contributed by atoms with Crippen molar-refractivity contribution < 1.29 is 18.0 Å². The summed E-state index contributed by atoms with van der Waals surface area (Å²) in [7, 11) is 0. The second kappa shape index (κ2) is 6.64. The maximum atomic E-state index is 12.5. The van der Waals surface area contributed by atoms with E-state index in [0.29, 0.717) is 5.82 Å². The minimum Gasteiger partial charge on any atom is -0.347 e. The number of alkyl halides is 3. The molecule has 1 aromatic heterocycles. The Labute approximate surface area is 136 Å². The third kappa shape index (κ3) is 3.94. The summed E-state index contributed by atoms with van der Waals surface area (Å²) in [6, 6.07) is 8.77. The molecule has 0 aliphatic carbocycles. The van der Waals surface area contributed by atoms with E-state index in [0.717, 1.165) is 10.5 Å². The fraction of sp³-hybridized carbons (Fsp3) is 0.375. The number of halogens is 3. The van der Waals surface area contributed by atoms with E-state index in [1.165, 1.54) is 0 Å². The summed E-state index contributed by atoms with van der Waals surface area (Å²) in [6.45, 7) is -1.18. The number of carbonyl (C=O) groups excluding carboxylic acids is 1. The molecule has 1 aliphatic heterocycles. The van der Waals surface area contributed by atoms with Gasteiger partial charge in [0.1, 0.15) is 12.4 Å². The van der Waals surface area contributed by atoms with Gasteiger partial charge in [-0.2, -0.15) is 13.2 Å². The highest BCUT2D eigenvalue weighted by Gasteiger charge is 2.39. The molecule has 1 aromatic carbocycles. The lowest BCUT2D eigenvalue weighted by Gasteiger charge is -2.22. The number of nitrogens with zero attached hydrogens (tertiary/aromatic N) is 2. The van der Waals surface area contributed by atoms with Gasteiger partial charge in [-0.3, -0.25) is 10.1 Å². The summed E-state index contributed by atoms with van der Waals surface area (Å²) >= 11 is 0. The summed E-state index contributed by atoms with van der Waals surface area (Å²) in [6.07, 6.45) is -1.05. The molecule has 2 heterocycles. The monoisotopic (exact) mass is 338 g/mol. The average molecular weight is 338 g/mol. The number of hydrogen-bond acceptors (Lipinski definition) is 3. The van der Waals surface area contributed by atoms with E-state index < -0.39 is 18.6 Å². The zero-order valence-electron chi connectivity index (χ0n) is 12.8. The number of carbonyl (C=O) groups is 1. The van der Waals surface area contributed by atoms with Gasteiger partial charge in [0.05, 0.1) is 6.04 Å². The van der Waals surface area contributed by atoms with Gasteiger partial charge in [0.15, 0.2) is 0 Å². The Bertz CT molecular complexity index is 672. The van der Waals surface area contributed by atoms with Crippen molar-refractivity contribution in [3.05, 3.63) is 54.1 Å². The van der Waals surface area contributed by atoms with E-state index in [2.05, 4.69) is 15.3 Å². The van der Waals surface area contributed by atoms with Crippen LogP contribution in [-0.4, -0.2) is 46.1 Å². The van der Waals surface area contributed by atoms with Crippen LogP contribution in [0.25, 0.3) is 0 Å². The first kappa shape index (κ1) is 16.5. The minimum absolute atomic E-state index is 0.0301. The van der Waals surface area contributed by atoms with Crippen LogP contribution < -0.4 is 5.32 Å². The van der Waals surface area contributed by atoms with Crippen LogP contribution in [0.1, 0.15) is 23.9 Å². The van der Waals surface area contributed by atoms with Gasteiger partial charge >= 0.3 is 6.18 Å². The quantitative estimate of drug-likeness (QED) is 0.879. The maximum Gasteiger partial charge on any atom is 0.406 e. The van der Waals surface area contributed by atoms with Gasteiger partial charge in [-0.05, 0) is 5.56 Å². The van der Waals surface area contributed by atoms with Gasteiger partial charge in [-0.1, -0.05) is 30.3 Å². The smallest absolute Gasteiger partial charge is 0.347 e. The summed E-state index contributed by atoms with van der Waals surface area (Å²) in [5.41, 5.74) is 0.925. The highest BCUT2D eigenvalue weighted by Crippen LogP contribution is 2.24. The molecule has 1 amide bonds. The highest BCUT2D eigenvalue weighted by molar-refractivity contribution is 5.79. The first-order chi connectivity index (χ1) is 11.4. The molecular weight excluding hydrogens is 321 g/mol. The van der Waals surface area contributed by atoms with E-state index in [1.807, 2.05) is 30.3 Å². The molecule has 1 saturated heterocycles. The number of likely N-dealkylation sites (tertiary alicyclic amines) is 1. The molecule has 0 radical (unpaired) electrons. The van der Waals surface area contributed by atoms with Crippen molar-refractivity contribution in [1.29, 1.82) is 0 Å².